The summed E-state index contributed by atoms with van der Waals surface area (Å²) in [5.74, 6) is 0. The lowest BCUT2D eigenvalue weighted by Gasteiger charge is -2.14. The molecule has 36 heavy (non-hydrogen) atoms. The zero-order valence-corrected chi connectivity index (χ0v) is 23.6. The summed E-state index contributed by atoms with van der Waals surface area (Å²) < 4.78 is 98.5. The van der Waals surface area contributed by atoms with Crippen LogP contribution in [0.25, 0.3) is 0 Å². The molecule has 0 fully saturated rings. The summed E-state index contributed by atoms with van der Waals surface area (Å²) >= 11 is 0. The van der Waals surface area contributed by atoms with Gasteiger partial charge in [-0.25, -0.2) is 0 Å². The predicted octanol–water partition coefficient (Wildman–Crippen LogP) is 6.23. The number of hydrogen-bond acceptors (Lipinski definition) is 6. The minimum absolute atomic E-state index is 0.0435. The Hall–Kier alpha value is -1.05. The molecule has 12 heteroatoms. The van der Waals surface area contributed by atoms with Crippen LogP contribution in [-0.4, -0.2) is 38.9 Å². The topological polar surface area (TPSA) is 163 Å². The number of hydrogen-bond donors (Lipinski definition) is 3. The van der Waals surface area contributed by atoms with Crippen molar-refractivity contribution in [3.05, 3.63) is 17.7 Å². The van der Waals surface area contributed by atoms with Crippen molar-refractivity contribution in [2.45, 2.75) is 131 Å². The molecule has 0 heterocycles. The SMILES string of the molecule is CCCCCCCCCCCCCCCCCCc1ccc(S(=O)(=O)O)c(S(=O)(=O)O)c1S(=O)(=O)O. The van der Waals surface area contributed by atoms with Gasteiger partial charge in [-0.2, -0.15) is 25.3 Å². The molecular formula is C24H42O9S3. The van der Waals surface area contributed by atoms with Gasteiger partial charge in [-0.1, -0.05) is 109 Å². The van der Waals surface area contributed by atoms with E-state index in [1.165, 1.54) is 64.2 Å². The maximum absolute atomic E-state index is 11.9. The summed E-state index contributed by atoms with van der Waals surface area (Å²) in [5, 5.41) is 0. The third kappa shape index (κ3) is 12.5. The van der Waals surface area contributed by atoms with Crippen LogP contribution < -0.4 is 0 Å². The van der Waals surface area contributed by atoms with Crippen LogP contribution in [0.5, 0.6) is 0 Å². The molecule has 0 spiro atoms. The van der Waals surface area contributed by atoms with E-state index in [9.17, 15) is 38.9 Å². The summed E-state index contributed by atoms with van der Waals surface area (Å²) in [5.41, 5.74) is -0.150. The van der Waals surface area contributed by atoms with Crippen molar-refractivity contribution in [2.24, 2.45) is 0 Å². The third-order valence-electron chi connectivity index (χ3n) is 6.25. The van der Waals surface area contributed by atoms with Crippen LogP contribution in [0.3, 0.4) is 0 Å². The van der Waals surface area contributed by atoms with Crippen molar-refractivity contribution < 1.29 is 38.9 Å². The van der Waals surface area contributed by atoms with Crippen LogP contribution >= 0.6 is 0 Å². The van der Waals surface area contributed by atoms with Crippen molar-refractivity contribution in [3.8, 4) is 0 Å². The van der Waals surface area contributed by atoms with Crippen molar-refractivity contribution in [1.29, 1.82) is 0 Å². The fraction of sp³-hybridized carbons (Fsp3) is 0.750. The van der Waals surface area contributed by atoms with Gasteiger partial charge in [-0.3, -0.25) is 13.7 Å². The minimum atomic E-state index is -5.39. The Kier molecular flexibility index (Phi) is 14.7. The van der Waals surface area contributed by atoms with Gasteiger partial charge in [0.25, 0.3) is 30.4 Å². The lowest BCUT2D eigenvalue weighted by Crippen LogP contribution is -2.16. The Morgan fingerprint density at radius 2 is 0.861 bits per heavy atom. The number of rotatable bonds is 20. The minimum Gasteiger partial charge on any atom is -0.282 e. The van der Waals surface area contributed by atoms with Gasteiger partial charge in [0.05, 0.1) is 0 Å². The molecule has 1 rings (SSSR count). The predicted molar refractivity (Wildman–Crippen MR) is 139 cm³/mol. The average Bonchev–Trinajstić information content (AvgIpc) is 2.76. The first-order valence-electron chi connectivity index (χ1n) is 12.9. The van der Waals surface area contributed by atoms with Gasteiger partial charge in [0.15, 0.2) is 0 Å². The lowest BCUT2D eigenvalue weighted by molar-refractivity contribution is 0.454. The first-order valence-corrected chi connectivity index (χ1v) is 17.2. The molecule has 0 radical (unpaired) electrons. The normalized spacial score (nSPS) is 12.8. The van der Waals surface area contributed by atoms with E-state index in [0.717, 1.165) is 38.2 Å². The highest BCUT2D eigenvalue weighted by Gasteiger charge is 2.34. The Morgan fingerprint density at radius 3 is 1.19 bits per heavy atom. The van der Waals surface area contributed by atoms with E-state index in [-0.39, 0.29) is 12.0 Å². The molecule has 210 valence electrons. The molecule has 0 aromatic heterocycles. The van der Waals surface area contributed by atoms with Crippen LogP contribution in [0.1, 0.15) is 115 Å². The molecule has 0 unspecified atom stereocenters. The number of benzene rings is 1. The van der Waals surface area contributed by atoms with E-state index in [4.69, 9.17) is 0 Å². The molecule has 1 aromatic rings. The quantitative estimate of drug-likeness (QED) is 0.122. The highest BCUT2D eigenvalue weighted by atomic mass is 32.2. The zero-order valence-electron chi connectivity index (χ0n) is 21.2. The van der Waals surface area contributed by atoms with E-state index in [1.807, 2.05) is 0 Å². The molecule has 0 aliphatic heterocycles. The fourth-order valence-electron chi connectivity index (χ4n) is 4.38. The Balaban J connectivity index is 2.45. The van der Waals surface area contributed by atoms with Gasteiger partial charge in [0.2, 0.25) is 0 Å². The Bertz CT molecular complexity index is 1110. The first kappa shape index (κ1) is 33.0. The third-order valence-corrected chi connectivity index (χ3v) is 9.33. The summed E-state index contributed by atoms with van der Waals surface area (Å²) in [7, 11) is -15.8. The molecule has 0 saturated heterocycles. The summed E-state index contributed by atoms with van der Waals surface area (Å²) in [6.45, 7) is 2.23. The maximum Gasteiger partial charge on any atom is 0.297 e. The Labute approximate surface area is 217 Å². The molecular weight excluding hydrogens is 528 g/mol. The van der Waals surface area contributed by atoms with E-state index in [2.05, 4.69) is 6.92 Å². The van der Waals surface area contributed by atoms with Gasteiger partial charge in [-0.05, 0) is 24.5 Å². The van der Waals surface area contributed by atoms with E-state index >= 15 is 0 Å². The molecule has 0 aliphatic rings. The second-order valence-corrected chi connectivity index (χ2v) is 13.5. The van der Waals surface area contributed by atoms with Crippen molar-refractivity contribution >= 4 is 30.4 Å². The summed E-state index contributed by atoms with van der Waals surface area (Å²) in [6.07, 6.45) is 18.5. The van der Waals surface area contributed by atoms with Crippen LogP contribution in [-0.2, 0) is 36.8 Å². The van der Waals surface area contributed by atoms with E-state index < -0.39 is 45.0 Å². The van der Waals surface area contributed by atoms with E-state index in [1.54, 1.807) is 0 Å². The molecule has 0 aliphatic carbocycles. The van der Waals surface area contributed by atoms with Gasteiger partial charge >= 0.3 is 0 Å². The summed E-state index contributed by atoms with van der Waals surface area (Å²) in [6, 6.07) is 1.72. The monoisotopic (exact) mass is 570 g/mol. The second-order valence-electron chi connectivity index (χ2n) is 9.36. The van der Waals surface area contributed by atoms with Crippen LogP contribution in [0.15, 0.2) is 26.8 Å². The molecule has 0 amide bonds. The van der Waals surface area contributed by atoms with Crippen LogP contribution in [0.2, 0.25) is 0 Å². The number of unbranched alkanes of at least 4 members (excludes halogenated alkanes) is 15. The van der Waals surface area contributed by atoms with Crippen molar-refractivity contribution in [3.63, 3.8) is 0 Å². The van der Waals surface area contributed by atoms with Gasteiger partial charge in [-0.15, -0.1) is 0 Å². The second kappa shape index (κ2) is 16.0. The van der Waals surface area contributed by atoms with Crippen LogP contribution in [0, 0.1) is 0 Å². The zero-order chi connectivity index (χ0) is 27.2. The summed E-state index contributed by atoms with van der Waals surface area (Å²) in [4.78, 5) is -4.07. The van der Waals surface area contributed by atoms with Crippen molar-refractivity contribution in [1.82, 2.24) is 0 Å². The van der Waals surface area contributed by atoms with Gasteiger partial charge in [0, 0.05) is 0 Å². The molecule has 9 nitrogen and oxygen atoms in total. The largest absolute Gasteiger partial charge is 0.297 e. The lowest BCUT2D eigenvalue weighted by atomic mass is 10.0. The maximum atomic E-state index is 11.9. The molecule has 0 atom stereocenters. The highest BCUT2D eigenvalue weighted by Crippen LogP contribution is 2.32. The van der Waals surface area contributed by atoms with Crippen LogP contribution in [0.4, 0.5) is 0 Å². The molecule has 0 bridgehead atoms. The first-order chi connectivity index (χ1) is 16.8. The standard InChI is InChI=1S/C24H42O9S3/c1-2-3-4-5-6-7-8-9-10-11-12-13-14-15-16-17-18-21-19-20-22(34(25,26)27)24(36(31,32)33)23(21)35(28,29)30/h19-20H,2-18H2,1H3,(H,25,26,27)(H,28,29,30)(H,31,32,33). The molecule has 3 N–H and O–H groups in total. The molecule has 0 saturated carbocycles. The van der Waals surface area contributed by atoms with Gasteiger partial charge in [0.1, 0.15) is 14.7 Å². The smallest absolute Gasteiger partial charge is 0.282 e. The van der Waals surface area contributed by atoms with E-state index in [0.29, 0.717) is 12.5 Å². The highest BCUT2D eigenvalue weighted by molar-refractivity contribution is 7.90. The van der Waals surface area contributed by atoms with Gasteiger partial charge < -0.3 is 0 Å². The average molecular weight is 571 g/mol. The molecule has 1 aromatic carbocycles. The fourth-order valence-corrected chi connectivity index (χ4v) is 7.81. The van der Waals surface area contributed by atoms with Crippen molar-refractivity contribution in [2.75, 3.05) is 0 Å². The number of aryl methyl sites for hydroxylation is 1. The Morgan fingerprint density at radius 1 is 0.500 bits per heavy atom.